The molecule has 1 N–H and O–H groups in total. The molecule has 0 radical (unpaired) electrons. The molecule has 0 aliphatic carbocycles. The van der Waals surface area contributed by atoms with Crippen LogP contribution in [-0.4, -0.2) is 16.6 Å². The third-order valence-electron chi connectivity index (χ3n) is 3.63. The van der Waals surface area contributed by atoms with Crippen LogP contribution in [0, 0.1) is 11.6 Å². The van der Waals surface area contributed by atoms with Crippen molar-refractivity contribution in [2.75, 3.05) is 6.61 Å². The van der Waals surface area contributed by atoms with Crippen molar-refractivity contribution in [1.29, 1.82) is 0 Å². The molecule has 0 atom stereocenters. The lowest BCUT2D eigenvalue weighted by Gasteiger charge is -2.10. The Morgan fingerprint density at radius 2 is 1.88 bits per heavy atom. The molecule has 0 saturated heterocycles. The molecule has 4 nitrogen and oxygen atoms in total. The zero-order valence-electron chi connectivity index (χ0n) is 13.1. The molecule has 0 aliphatic heterocycles. The quantitative estimate of drug-likeness (QED) is 0.718. The van der Waals surface area contributed by atoms with Gasteiger partial charge >= 0.3 is 0 Å². The van der Waals surface area contributed by atoms with Gasteiger partial charge in [-0.3, -0.25) is 4.79 Å². The predicted octanol–water partition coefficient (Wildman–Crippen LogP) is 4.05. The fourth-order valence-corrected chi connectivity index (χ4v) is 2.38. The van der Waals surface area contributed by atoms with E-state index in [1.54, 1.807) is 24.3 Å². The first-order valence-corrected chi connectivity index (χ1v) is 7.71. The number of ether oxygens (including phenoxy) is 1. The highest BCUT2D eigenvalue weighted by atomic mass is 19.1. The second-order valence-corrected chi connectivity index (χ2v) is 5.40. The summed E-state index contributed by atoms with van der Waals surface area (Å²) >= 11 is 0. The molecule has 0 fully saturated rings. The highest BCUT2D eigenvalue weighted by Crippen LogP contribution is 2.27. The summed E-state index contributed by atoms with van der Waals surface area (Å²) in [6.45, 7) is 2.20. The van der Waals surface area contributed by atoms with Gasteiger partial charge in [0, 0.05) is 5.56 Å². The Morgan fingerprint density at radius 3 is 2.58 bits per heavy atom. The average Bonchev–Trinajstić information content (AvgIpc) is 2.57. The summed E-state index contributed by atoms with van der Waals surface area (Å²) < 4.78 is 33.5. The summed E-state index contributed by atoms with van der Waals surface area (Å²) in [5.41, 5.74) is 0.246. The minimum absolute atomic E-state index is 0.108. The van der Waals surface area contributed by atoms with Crippen LogP contribution in [0.5, 0.6) is 5.75 Å². The van der Waals surface area contributed by atoms with Crippen LogP contribution in [-0.2, 0) is 0 Å². The maximum Gasteiger partial charge on any atom is 0.259 e. The maximum absolute atomic E-state index is 14.2. The zero-order chi connectivity index (χ0) is 17.1. The van der Waals surface area contributed by atoms with E-state index in [-0.39, 0.29) is 23.6 Å². The number of rotatable bonds is 5. The highest BCUT2D eigenvalue weighted by molar-refractivity contribution is 5.79. The lowest BCUT2D eigenvalue weighted by atomic mass is 10.1. The van der Waals surface area contributed by atoms with Crippen LogP contribution < -0.4 is 10.3 Å². The van der Waals surface area contributed by atoms with Crippen LogP contribution in [0.3, 0.4) is 0 Å². The van der Waals surface area contributed by atoms with Crippen LogP contribution in [0.4, 0.5) is 8.78 Å². The van der Waals surface area contributed by atoms with Gasteiger partial charge in [0.1, 0.15) is 5.82 Å². The van der Waals surface area contributed by atoms with Gasteiger partial charge < -0.3 is 9.72 Å². The van der Waals surface area contributed by atoms with E-state index < -0.39 is 17.4 Å². The fraction of sp³-hybridized carbons (Fsp3) is 0.222. The Labute approximate surface area is 137 Å². The lowest BCUT2D eigenvalue weighted by Crippen LogP contribution is -2.10. The summed E-state index contributed by atoms with van der Waals surface area (Å²) in [4.78, 5) is 18.9. The first-order valence-electron chi connectivity index (χ1n) is 7.71. The molecule has 3 rings (SSSR count). The number of nitrogens with one attached hydrogen (secondary N) is 1. The van der Waals surface area contributed by atoms with Crippen molar-refractivity contribution < 1.29 is 13.5 Å². The average molecular weight is 330 g/mol. The first-order chi connectivity index (χ1) is 11.6. The van der Waals surface area contributed by atoms with Gasteiger partial charge in [-0.2, -0.15) is 0 Å². The van der Waals surface area contributed by atoms with E-state index in [1.165, 1.54) is 0 Å². The first kappa shape index (κ1) is 16.1. The summed E-state index contributed by atoms with van der Waals surface area (Å²) in [6, 6.07) is 8.99. The van der Waals surface area contributed by atoms with Crippen LogP contribution in [0.15, 0.2) is 41.2 Å². The highest BCUT2D eigenvalue weighted by Gasteiger charge is 2.15. The Balaban J connectivity index is 2.02. The lowest BCUT2D eigenvalue weighted by molar-refractivity contribution is 0.279. The molecule has 1 heterocycles. The largest absolute Gasteiger partial charge is 0.488 e. The Bertz CT molecular complexity index is 915. The molecule has 0 saturated carbocycles. The van der Waals surface area contributed by atoms with Crippen molar-refractivity contribution >= 4 is 10.9 Å². The number of para-hydroxylation sites is 1. The maximum atomic E-state index is 14.2. The molecule has 24 heavy (non-hydrogen) atoms. The third-order valence-corrected chi connectivity index (χ3v) is 3.63. The van der Waals surface area contributed by atoms with Crippen molar-refractivity contribution in [3.63, 3.8) is 0 Å². The number of aromatic amines is 1. The van der Waals surface area contributed by atoms with E-state index in [0.717, 1.165) is 18.6 Å². The summed E-state index contributed by atoms with van der Waals surface area (Å²) in [7, 11) is 0. The van der Waals surface area contributed by atoms with Gasteiger partial charge in [0.2, 0.25) is 0 Å². The van der Waals surface area contributed by atoms with E-state index in [2.05, 4.69) is 9.97 Å². The van der Waals surface area contributed by atoms with Gasteiger partial charge in [-0.1, -0.05) is 25.5 Å². The Kier molecular flexibility index (Phi) is 4.55. The Hall–Kier alpha value is -2.76. The van der Waals surface area contributed by atoms with Crippen LogP contribution in [0.2, 0.25) is 0 Å². The van der Waals surface area contributed by atoms with E-state index >= 15 is 0 Å². The summed E-state index contributed by atoms with van der Waals surface area (Å²) in [6.07, 6.45) is 1.57. The number of aromatic nitrogens is 2. The van der Waals surface area contributed by atoms with Crippen LogP contribution >= 0.6 is 0 Å². The predicted molar refractivity (Wildman–Crippen MR) is 88.1 cm³/mol. The minimum atomic E-state index is -0.822. The number of hydrogen-bond donors (Lipinski definition) is 1. The van der Waals surface area contributed by atoms with E-state index in [1.807, 2.05) is 6.92 Å². The van der Waals surface area contributed by atoms with Crippen LogP contribution in [0.25, 0.3) is 22.3 Å². The number of nitrogens with zero attached hydrogens (tertiary/aromatic N) is 1. The molecule has 0 amide bonds. The number of halogens is 2. The third kappa shape index (κ3) is 3.13. The van der Waals surface area contributed by atoms with Gasteiger partial charge in [0.15, 0.2) is 17.4 Å². The topological polar surface area (TPSA) is 55.0 Å². The molecule has 0 unspecified atom stereocenters. The molecule has 6 heteroatoms. The molecule has 2 aromatic carbocycles. The van der Waals surface area contributed by atoms with Crippen molar-refractivity contribution in [2.45, 2.75) is 19.8 Å². The number of H-pyrrole nitrogens is 1. The van der Waals surface area contributed by atoms with Gasteiger partial charge in [-0.15, -0.1) is 0 Å². The van der Waals surface area contributed by atoms with Gasteiger partial charge in [0.25, 0.3) is 5.56 Å². The van der Waals surface area contributed by atoms with Gasteiger partial charge in [-0.25, -0.2) is 13.8 Å². The van der Waals surface area contributed by atoms with Crippen molar-refractivity contribution in [3.05, 3.63) is 58.4 Å². The summed E-state index contributed by atoms with van der Waals surface area (Å²) in [5.74, 6) is -1.94. The van der Waals surface area contributed by atoms with Gasteiger partial charge in [-0.05, 0) is 30.7 Å². The van der Waals surface area contributed by atoms with Crippen molar-refractivity contribution in [3.8, 4) is 17.1 Å². The van der Waals surface area contributed by atoms with Crippen molar-refractivity contribution in [2.24, 2.45) is 0 Å². The molecule has 124 valence electrons. The van der Waals surface area contributed by atoms with Gasteiger partial charge in [0.05, 0.1) is 17.5 Å². The molecule has 0 spiro atoms. The van der Waals surface area contributed by atoms with E-state index in [0.29, 0.717) is 17.3 Å². The fourth-order valence-electron chi connectivity index (χ4n) is 2.38. The second kappa shape index (κ2) is 6.78. The van der Waals surface area contributed by atoms with Crippen molar-refractivity contribution in [1.82, 2.24) is 9.97 Å². The number of unbranched alkanes of at least 4 members (excludes halogenated alkanes) is 1. The second-order valence-electron chi connectivity index (χ2n) is 5.40. The SMILES string of the molecule is CCCCOc1c(F)cc(-c2nc3ccccc3c(=O)[nH]2)cc1F. The molecule has 0 aliphatic rings. The molecule has 0 bridgehead atoms. The molecule has 3 aromatic rings. The number of fused-ring (bicyclic) bond motifs is 1. The monoisotopic (exact) mass is 330 g/mol. The molecule has 1 aromatic heterocycles. The van der Waals surface area contributed by atoms with E-state index in [9.17, 15) is 13.6 Å². The summed E-state index contributed by atoms with van der Waals surface area (Å²) in [5, 5.41) is 0.418. The molecular formula is C18H16F2N2O2. The normalized spacial score (nSPS) is 11.0. The number of benzene rings is 2. The standard InChI is InChI=1S/C18H16F2N2O2/c1-2-3-8-24-16-13(19)9-11(10-14(16)20)17-21-15-7-5-4-6-12(15)18(23)22-17/h4-7,9-10H,2-3,8H2,1H3,(H,21,22,23). The van der Waals surface area contributed by atoms with Crippen LogP contribution in [0.1, 0.15) is 19.8 Å². The number of hydrogen-bond acceptors (Lipinski definition) is 3. The Morgan fingerprint density at radius 1 is 1.17 bits per heavy atom. The smallest absolute Gasteiger partial charge is 0.259 e. The van der Waals surface area contributed by atoms with E-state index in [4.69, 9.17) is 4.74 Å². The molecular weight excluding hydrogens is 314 g/mol. The minimum Gasteiger partial charge on any atom is -0.488 e. The zero-order valence-corrected chi connectivity index (χ0v) is 13.1.